The number of carbonyl (C=O) groups is 1. The Morgan fingerprint density at radius 3 is 2.56 bits per heavy atom. The Kier molecular flexibility index (Phi) is 7.21. The molecule has 0 radical (unpaired) electrons. The Bertz CT molecular complexity index is 997. The van der Waals surface area contributed by atoms with Crippen LogP contribution < -0.4 is 19.9 Å². The van der Waals surface area contributed by atoms with E-state index in [1.165, 1.54) is 6.07 Å². The average Bonchev–Trinajstić information content (AvgIpc) is 2.84. The normalized spacial score (nSPS) is 19.9. The van der Waals surface area contributed by atoms with Gasteiger partial charge in [0.2, 0.25) is 5.91 Å². The summed E-state index contributed by atoms with van der Waals surface area (Å²) in [5, 5.41) is 2.96. The van der Waals surface area contributed by atoms with E-state index in [0.717, 1.165) is 23.2 Å². The maximum absolute atomic E-state index is 13.4. The van der Waals surface area contributed by atoms with E-state index in [-0.39, 0.29) is 18.4 Å². The molecule has 34 heavy (non-hydrogen) atoms. The molecule has 1 saturated heterocycles. The van der Waals surface area contributed by atoms with Crippen molar-refractivity contribution >= 4 is 17.3 Å². The van der Waals surface area contributed by atoms with Crippen LogP contribution in [0.4, 0.5) is 24.5 Å². The van der Waals surface area contributed by atoms with Crippen LogP contribution in [0.15, 0.2) is 42.5 Å². The minimum absolute atomic E-state index is 0.134. The van der Waals surface area contributed by atoms with Crippen LogP contribution in [0.2, 0.25) is 0 Å². The van der Waals surface area contributed by atoms with Gasteiger partial charge in [-0.1, -0.05) is 0 Å². The van der Waals surface area contributed by atoms with E-state index in [2.05, 4.69) is 15.1 Å². The molecular formula is C25H30F3N3O3. The van der Waals surface area contributed by atoms with Crippen molar-refractivity contribution in [3.63, 3.8) is 0 Å². The van der Waals surface area contributed by atoms with Gasteiger partial charge in [0, 0.05) is 51.3 Å². The van der Waals surface area contributed by atoms with Gasteiger partial charge in [-0.05, 0) is 60.9 Å². The SMILES string of the molecule is COCCCNC(=O)[C@H]1Cc2cc(C(F)(F)F)ccc2N2CCN(c3ccc(OC)cc3)C[C@H]12. The third kappa shape index (κ3) is 5.09. The first-order valence-corrected chi connectivity index (χ1v) is 11.4. The van der Waals surface area contributed by atoms with E-state index in [1.54, 1.807) is 20.3 Å². The van der Waals surface area contributed by atoms with Crippen molar-refractivity contribution in [2.24, 2.45) is 5.92 Å². The molecule has 2 aliphatic heterocycles. The fraction of sp³-hybridized carbons (Fsp3) is 0.480. The summed E-state index contributed by atoms with van der Waals surface area (Å²) in [6.07, 6.45) is -3.47. The molecule has 0 bridgehead atoms. The van der Waals surface area contributed by atoms with Gasteiger partial charge in [-0.25, -0.2) is 0 Å². The first-order chi connectivity index (χ1) is 16.3. The predicted octanol–water partition coefficient (Wildman–Crippen LogP) is 3.73. The van der Waals surface area contributed by atoms with Crippen molar-refractivity contribution in [1.29, 1.82) is 0 Å². The molecule has 2 heterocycles. The van der Waals surface area contributed by atoms with Crippen LogP contribution in [0, 0.1) is 5.92 Å². The summed E-state index contributed by atoms with van der Waals surface area (Å²) < 4.78 is 50.4. The maximum atomic E-state index is 13.4. The van der Waals surface area contributed by atoms with Gasteiger partial charge >= 0.3 is 6.18 Å². The summed E-state index contributed by atoms with van der Waals surface area (Å²) >= 11 is 0. The van der Waals surface area contributed by atoms with Crippen LogP contribution in [-0.4, -0.2) is 59.0 Å². The molecule has 184 valence electrons. The Morgan fingerprint density at radius 2 is 1.88 bits per heavy atom. The van der Waals surface area contributed by atoms with Crippen molar-refractivity contribution < 1.29 is 27.4 Å². The number of hydrogen-bond acceptors (Lipinski definition) is 5. The zero-order chi connectivity index (χ0) is 24.3. The van der Waals surface area contributed by atoms with Crippen LogP contribution in [0.1, 0.15) is 17.5 Å². The molecule has 0 spiro atoms. The Hall–Kier alpha value is -2.94. The van der Waals surface area contributed by atoms with Gasteiger partial charge in [-0.3, -0.25) is 4.79 Å². The highest BCUT2D eigenvalue weighted by Gasteiger charge is 2.42. The summed E-state index contributed by atoms with van der Waals surface area (Å²) in [6, 6.07) is 11.5. The first kappa shape index (κ1) is 24.2. The maximum Gasteiger partial charge on any atom is 0.416 e. The quantitative estimate of drug-likeness (QED) is 0.616. The summed E-state index contributed by atoms with van der Waals surface area (Å²) in [7, 11) is 3.22. The Balaban J connectivity index is 1.61. The third-order valence-corrected chi connectivity index (χ3v) is 6.64. The molecule has 1 amide bonds. The number of fused-ring (bicyclic) bond motifs is 3. The largest absolute Gasteiger partial charge is 0.497 e. The number of rotatable bonds is 7. The minimum Gasteiger partial charge on any atom is -0.497 e. The van der Waals surface area contributed by atoms with Crippen molar-refractivity contribution in [3.8, 4) is 5.75 Å². The van der Waals surface area contributed by atoms with Crippen LogP contribution >= 0.6 is 0 Å². The van der Waals surface area contributed by atoms with Crippen molar-refractivity contribution in [1.82, 2.24) is 5.32 Å². The summed E-state index contributed by atoms with van der Waals surface area (Å²) in [5.74, 6) is 0.174. The van der Waals surface area contributed by atoms with Gasteiger partial charge in [0.1, 0.15) is 5.75 Å². The summed E-state index contributed by atoms with van der Waals surface area (Å²) in [6.45, 7) is 2.91. The zero-order valence-corrected chi connectivity index (χ0v) is 19.4. The average molecular weight is 478 g/mol. The molecule has 0 unspecified atom stereocenters. The van der Waals surface area contributed by atoms with Gasteiger partial charge in [0.05, 0.1) is 24.6 Å². The van der Waals surface area contributed by atoms with E-state index in [4.69, 9.17) is 9.47 Å². The number of hydrogen-bond donors (Lipinski definition) is 1. The van der Waals surface area contributed by atoms with E-state index in [9.17, 15) is 18.0 Å². The monoisotopic (exact) mass is 477 g/mol. The van der Waals surface area contributed by atoms with Gasteiger partial charge in [-0.2, -0.15) is 13.2 Å². The number of piperazine rings is 1. The first-order valence-electron chi connectivity index (χ1n) is 11.4. The third-order valence-electron chi connectivity index (χ3n) is 6.64. The van der Waals surface area contributed by atoms with E-state index >= 15 is 0 Å². The fourth-order valence-corrected chi connectivity index (χ4v) is 4.89. The molecule has 2 atom stereocenters. The van der Waals surface area contributed by atoms with Crippen LogP contribution in [-0.2, 0) is 22.1 Å². The number of benzene rings is 2. The molecule has 0 saturated carbocycles. The van der Waals surface area contributed by atoms with Gasteiger partial charge < -0.3 is 24.6 Å². The molecule has 4 rings (SSSR count). The lowest BCUT2D eigenvalue weighted by Crippen LogP contribution is -2.61. The molecule has 2 aliphatic rings. The highest BCUT2D eigenvalue weighted by atomic mass is 19.4. The molecule has 0 aromatic heterocycles. The predicted molar refractivity (Wildman–Crippen MR) is 124 cm³/mol. The lowest BCUT2D eigenvalue weighted by Gasteiger charge is -2.49. The smallest absolute Gasteiger partial charge is 0.416 e. The highest BCUT2D eigenvalue weighted by Crippen LogP contribution is 2.40. The van der Waals surface area contributed by atoms with E-state index in [0.29, 0.717) is 44.8 Å². The van der Waals surface area contributed by atoms with Crippen LogP contribution in [0.3, 0.4) is 0 Å². The molecule has 1 N–H and O–H groups in total. The molecule has 2 aromatic rings. The van der Waals surface area contributed by atoms with Crippen molar-refractivity contribution in [3.05, 3.63) is 53.6 Å². The molecule has 9 heteroatoms. The standard InChI is InChI=1S/C25H30F3N3O3/c1-33-13-3-10-29-24(32)21-15-17-14-18(25(26,27)28)4-9-22(17)31-12-11-30(16-23(21)31)19-5-7-20(34-2)8-6-19/h4-9,14,21,23H,3,10-13,15-16H2,1-2H3,(H,29,32)/t21-,23+/m0/s1. The molecule has 2 aromatic carbocycles. The topological polar surface area (TPSA) is 54.0 Å². The number of methoxy groups -OCH3 is 2. The Labute approximate surface area is 197 Å². The van der Waals surface area contributed by atoms with E-state index in [1.807, 2.05) is 24.3 Å². The number of amides is 1. The number of nitrogens with one attached hydrogen (secondary N) is 1. The number of halogens is 3. The van der Waals surface area contributed by atoms with Gasteiger partial charge in [0.25, 0.3) is 0 Å². The number of carbonyl (C=O) groups excluding carboxylic acids is 1. The lowest BCUT2D eigenvalue weighted by atomic mass is 9.82. The summed E-state index contributed by atoms with van der Waals surface area (Å²) in [4.78, 5) is 17.5. The van der Waals surface area contributed by atoms with E-state index < -0.39 is 17.7 Å². The zero-order valence-electron chi connectivity index (χ0n) is 19.4. The second-order valence-electron chi connectivity index (χ2n) is 8.69. The fourth-order valence-electron chi connectivity index (χ4n) is 4.89. The highest BCUT2D eigenvalue weighted by molar-refractivity contribution is 5.82. The van der Waals surface area contributed by atoms with Crippen LogP contribution in [0.25, 0.3) is 0 Å². The lowest BCUT2D eigenvalue weighted by molar-refractivity contribution is -0.137. The van der Waals surface area contributed by atoms with Crippen molar-refractivity contribution in [2.75, 3.05) is 56.8 Å². The molecular weight excluding hydrogens is 447 g/mol. The second-order valence-corrected chi connectivity index (χ2v) is 8.69. The number of anilines is 2. The van der Waals surface area contributed by atoms with Gasteiger partial charge in [-0.15, -0.1) is 0 Å². The second kappa shape index (κ2) is 10.1. The number of alkyl halides is 3. The van der Waals surface area contributed by atoms with Crippen molar-refractivity contribution in [2.45, 2.75) is 25.1 Å². The summed E-state index contributed by atoms with van der Waals surface area (Å²) in [5.41, 5.74) is 1.70. The van der Waals surface area contributed by atoms with Crippen LogP contribution in [0.5, 0.6) is 5.75 Å². The van der Waals surface area contributed by atoms with Gasteiger partial charge in [0.15, 0.2) is 0 Å². The number of nitrogens with zero attached hydrogens (tertiary/aromatic N) is 2. The minimum atomic E-state index is -4.42. The molecule has 1 fully saturated rings. The molecule has 0 aliphatic carbocycles. The Morgan fingerprint density at radius 1 is 1.12 bits per heavy atom. The molecule has 6 nitrogen and oxygen atoms in total. The number of ether oxygens (including phenoxy) is 2.